The van der Waals surface area contributed by atoms with Crippen molar-refractivity contribution < 1.29 is 19.0 Å². The van der Waals surface area contributed by atoms with E-state index in [0.29, 0.717) is 35.1 Å². The monoisotopic (exact) mass is 300 g/mol. The molecule has 112 valence electrons. The summed E-state index contributed by atoms with van der Waals surface area (Å²) in [7, 11) is 3.05. The molecule has 0 aromatic heterocycles. The molecule has 0 saturated heterocycles. The highest BCUT2D eigenvalue weighted by Crippen LogP contribution is 2.40. The fraction of sp³-hybridized carbons (Fsp3) is 0.533. The van der Waals surface area contributed by atoms with Gasteiger partial charge in [0.05, 0.1) is 19.2 Å². The largest absolute Gasteiger partial charge is 0.493 e. The zero-order chi connectivity index (χ0) is 15.1. The topological polar surface area (TPSA) is 44.8 Å². The molecule has 0 aliphatic heterocycles. The Balaban J connectivity index is 3.23. The number of benzene rings is 1. The molecule has 0 fully saturated rings. The molecule has 0 radical (unpaired) electrons. The quantitative estimate of drug-likeness (QED) is 0.732. The van der Waals surface area contributed by atoms with Crippen molar-refractivity contribution in [2.45, 2.75) is 32.8 Å². The maximum atomic E-state index is 12.2. The molecule has 1 atom stereocenters. The van der Waals surface area contributed by atoms with Crippen molar-refractivity contribution in [3.05, 3.63) is 22.7 Å². The normalized spacial score (nSPS) is 12.1. The Bertz CT molecular complexity index is 459. The highest BCUT2D eigenvalue weighted by atomic mass is 35.5. The first-order valence-electron chi connectivity index (χ1n) is 6.65. The van der Waals surface area contributed by atoms with Crippen molar-refractivity contribution in [3.63, 3.8) is 0 Å². The van der Waals surface area contributed by atoms with Crippen LogP contribution in [0.1, 0.15) is 38.4 Å². The Labute approximate surface area is 125 Å². The third-order valence-corrected chi connectivity index (χ3v) is 3.31. The summed E-state index contributed by atoms with van der Waals surface area (Å²) in [6.45, 7) is 4.24. The molecule has 0 aliphatic carbocycles. The molecule has 0 saturated carbocycles. The molecule has 1 aromatic carbocycles. The predicted molar refractivity (Wildman–Crippen MR) is 78.8 cm³/mol. The van der Waals surface area contributed by atoms with Crippen LogP contribution >= 0.6 is 11.6 Å². The molecule has 0 spiro atoms. The van der Waals surface area contributed by atoms with Crippen LogP contribution in [0.15, 0.2) is 12.1 Å². The molecular weight excluding hydrogens is 280 g/mol. The summed E-state index contributed by atoms with van der Waals surface area (Å²) in [4.78, 5) is 12.2. The van der Waals surface area contributed by atoms with Crippen LogP contribution in [-0.4, -0.2) is 26.6 Å². The molecule has 0 amide bonds. The minimum atomic E-state index is -0.660. The molecule has 0 heterocycles. The maximum absolute atomic E-state index is 12.2. The molecule has 0 bridgehead atoms. The molecule has 1 unspecified atom stereocenters. The van der Waals surface area contributed by atoms with Crippen LogP contribution in [0.4, 0.5) is 0 Å². The molecule has 1 rings (SSSR count). The summed E-state index contributed by atoms with van der Waals surface area (Å²) in [6, 6.07) is 3.48. The average molecular weight is 301 g/mol. The summed E-state index contributed by atoms with van der Waals surface area (Å²) in [5.74, 6) is 0.962. The number of carbonyl (C=O) groups is 1. The van der Waals surface area contributed by atoms with Gasteiger partial charge >= 0.3 is 0 Å². The van der Waals surface area contributed by atoms with Crippen LogP contribution in [0, 0.1) is 0 Å². The fourth-order valence-corrected chi connectivity index (χ4v) is 2.34. The Hall–Kier alpha value is -1.26. The lowest BCUT2D eigenvalue weighted by Crippen LogP contribution is -2.16. The number of ketones is 1. The lowest BCUT2D eigenvalue weighted by atomic mass is 10.0. The average Bonchev–Trinajstić information content (AvgIpc) is 2.45. The Morgan fingerprint density at radius 3 is 2.45 bits per heavy atom. The first kappa shape index (κ1) is 16.8. The van der Waals surface area contributed by atoms with Crippen LogP contribution in [0.25, 0.3) is 0 Å². The summed E-state index contributed by atoms with van der Waals surface area (Å²) in [5.41, 5.74) is 0.615. The SMILES string of the molecule is CCCC(=O)C(OCC)c1ccc(OC)c(OC)c1Cl. The number of Topliss-reactive ketones (excluding diaryl/α,β-unsaturated/α-hetero) is 1. The van der Waals surface area contributed by atoms with E-state index >= 15 is 0 Å². The van der Waals surface area contributed by atoms with Crippen molar-refractivity contribution in [2.24, 2.45) is 0 Å². The number of ether oxygens (including phenoxy) is 3. The minimum Gasteiger partial charge on any atom is -0.493 e. The Morgan fingerprint density at radius 2 is 1.95 bits per heavy atom. The minimum absolute atomic E-state index is 0.0171. The van der Waals surface area contributed by atoms with Crippen LogP contribution in [0.2, 0.25) is 5.02 Å². The molecule has 20 heavy (non-hydrogen) atoms. The van der Waals surface area contributed by atoms with Gasteiger partial charge in [-0.2, -0.15) is 0 Å². The van der Waals surface area contributed by atoms with Crippen molar-refractivity contribution in [1.29, 1.82) is 0 Å². The lowest BCUT2D eigenvalue weighted by molar-refractivity contribution is -0.130. The predicted octanol–water partition coefficient (Wildman–Crippen LogP) is 3.80. The Kier molecular flexibility index (Phi) is 6.82. The van der Waals surface area contributed by atoms with Crippen molar-refractivity contribution in [1.82, 2.24) is 0 Å². The molecule has 1 aromatic rings. The molecule has 5 heteroatoms. The fourth-order valence-electron chi connectivity index (χ4n) is 2.01. The molecule has 0 N–H and O–H groups in total. The van der Waals surface area contributed by atoms with Crippen LogP contribution in [0.3, 0.4) is 0 Å². The van der Waals surface area contributed by atoms with E-state index in [1.54, 1.807) is 12.1 Å². The second-order valence-electron chi connectivity index (χ2n) is 4.26. The first-order chi connectivity index (χ1) is 9.60. The van der Waals surface area contributed by atoms with Crippen LogP contribution in [-0.2, 0) is 9.53 Å². The number of carbonyl (C=O) groups excluding carboxylic acids is 1. The molecule has 4 nitrogen and oxygen atoms in total. The Morgan fingerprint density at radius 1 is 1.25 bits per heavy atom. The van der Waals surface area contributed by atoms with E-state index in [1.807, 2.05) is 13.8 Å². The van der Waals surface area contributed by atoms with Gasteiger partial charge in [-0.25, -0.2) is 0 Å². The standard InChI is InChI=1S/C15H21ClO4/c1-5-7-11(17)14(20-6-2)10-8-9-12(18-3)15(19-4)13(10)16/h8-9,14H,5-7H2,1-4H3. The van der Waals surface area contributed by atoms with Crippen LogP contribution < -0.4 is 9.47 Å². The smallest absolute Gasteiger partial charge is 0.179 e. The van der Waals surface area contributed by atoms with E-state index in [2.05, 4.69) is 0 Å². The highest BCUT2D eigenvalue weighted by Gasteiger charge is 2.25. The van der Waals surface area contributed by atoms with Gasteiger partial charge in [0.25, 0.3) is 0 Å². The van der Waals surface area contributed by atoms with Gasteiger partial charge in [-0.15, -0.1) is 0 Å². The van der Waals surface area contributed by atoms with Crippen LogP contribution in [0.5, 0.6) is 11.5 Å². The summed E-state index contributed by atoms with van der Waals surface area (Å²) in [5, 5.41) is 0.356. The van der Waals surface area contributed by atoms with E-state index in [4.69, 9.17) is 25.8 Å². The number of methoxy groups -OCH3 is 2. The highest BCUT2D eigenvalue weighted by molar-refractivity contribution is 6.33. The van der Waals surface area contributed by atoms with E-state index in [1.165, 1.54) is 14.2 Å². The van der Waals surface area contributed by atoms with E-state index in [0.717, 1.165) is 6.42 Å². The number of rotatable bonds is 8. The number of halogens is 1. The third-order valence-electron chi connectivity index (χ3n) is 2.92. The second kappa shape index (κ2) is 8.12. The van der Waals surface area contributed by atoms with Gasteiger partial charge in [0.1, 0.15) is 6.10 Å². The van der Waals surface area contributed by atoms with Crippen molar-refractivity contribution in [2.75, 3.05) is 20.8 Å². The summed E-state index contributed by atoms with van der Waals surface area (Å²) >= 11 is 6.33. The first-order valence-corrected chi connectivity index (χ1v) is 7.03. The maximum Gasteiger partial charge on any atom is 0.179 e. The van der Waals surface area contributed by atoms with Gasteiger partial charge in [-0.3, -0.25) is 4.79 Å². The van der Waals surface area contributed by atoms with Crippen molar-refractivity contribution in [3.8, 4) is 11.5 Å². The summed E-state index contributed by atoms with van der Waals surface area (Å²) < 4.78 is 16.0. The van der Waals surface area contributed by atoms with E-state index in [9.17, 15) is 4.79 Å². The van der Waals surface area contributed by atoms with E-state index < -0.39 is 6.10 Å². The zero-order valence-corrected chi connectivity index (χ0v) is 13.1. The van der Waals surface area contributed by atoms with Crippen molar-refractivity contribution >= 4 is 17.4 Å². The van der Waals surface area contributed by atoms with Gasteiger partial charge in [-0.05, 0) is 19.4 Å². The number of hydrogen-bond acceptors (Lipinski definition) is 4. The van der Waals surface area contributed by atoms with Gasteiger partial charge in [0, 0.05) is 18.6 Å². The van der Waals surface area contributed by atoms with Gasteiger partial charge < -0.3 is 14.2 Å². The molecular formula is C15H21ClO4. The summed E-state index contributed by atoms with van der Waals surface area (Å²) in [6.07, 6.45) is 0.565. The second-order valence-corrected chi connectivity index (χ2v) is 4.63. The van der Waals surface area contributed by atoms with Gasteiger partial charge in [-0.1, -0.05) is 24.6 Å². The van der Waals surface area contributed by atoms with Gasteiger partial charge in [0.15, 0.2) is 17.3 Å². The van der Waals surface area contributed by atoms with Gasteiger partial charge in [0.2, 0.25) is 0 Å². The number of hydrogen-bond donors (Lipinski definition) is 0. The lowest BCUT2D eigenvalue weighted by Gasteiger charge is -2.19. The van der Waals surface area contributed by atoms with E-state index in [-0.39, 0.29) is 5.78 Å². The zero-order valence-electron chi connectivity index (χ0n) is 12.4. The third kappa shape index (κ3) is 3.64. The molecule has 0 aliphatic rings.